The van der Waals surface area contributed by atoms with Gasteiger partial charge in [-0.2, -0.15) is 0 Å². The second kappa shape index (κ2) is 8.79. The summed E-state index contributed by atoms with van der Waals surface area (Å²) in [6.07, 6.45) is 0.562. The molecule has 0 aliphatic rings. The van der Waals surface area contributed by atoms with Crippen molar-refractivity contribution in [3.63, 3.8) is 0 Å². The Kier molecular flexibility index (Phi) is 6.20. The zero-order valence-electron chi connectivity index (χ0n) is 15.2. The Hall–Kier alpha value is -2.71. The molecule has 0 aliphatic carbocycles. The summed E-state index contributed by atoms with van der Waals surface area (Å²) in [7, 11) is 0. The topological polar surface area (TPSA) is 34.1 Å². The Bertz CT molecular complexity index is 913. The van der Waals surface area contributed by atoms with Crippen molar-refractivity contribution in [1.29, 1.82) is 0 Å². The van der Waals surface area contributed by atoms with Gasteiger partial charge in [0.2, 0.25) is 0 Å². The van der Waals surface area contributed by atoms with Crippen LogP contribution in [-0.2, 0) is 0 Å². The molecule has 3 aromatic carbocycles. The normalized spacial score (nSPS) is 11.8. The number of aryl methyl sites for hydroxylation is 1. The maximum Gasteiger partial charge on any atom is 0.163 e. The molecule has 3 rings (SSSR count). The van der Waals surface area contributed by atoms with Crippen LogP contribution in [0.5, 0.6) is 0 Å². The third-order valence-corrected chi connectivity index (χ3v) is 4.93. The SMILES string of the molecule is Cc1ccc(C(=O)CC(CC(=O)c2ccccc2)c2ccc(Cl)cc2)cc1. The predicted octanol–water partition coefficient (Wildman–Crippen LogP) is 6.28. The first kappa shape index (κ1) is 19.1. The van der Waals surface area contributed by atoms with Crippen molar-refractivity contribution in [2.45, 2.75) is 25.7 Å². The molecule has 0 amide bonds. The molecule has 0 bridgehead atoms. The Morgan fingerprint density at radius 2 is 1.26 bits per heavy atom. The van der Waals surface area contributed by atoms with Gasteiger partial charge < -0.3 is 0 Å². The number of ketones is 2. The second-order valence-electron chi connectivity index (χ2n) is 6.74. The van der Waals surface area contributed by atoms with E-state index in [1.165, 1.54) is 0 Å². The average molecular weight is 377 g/mol. The minimum absolute atomic E-state index is 0.0345. The van der Waals surface area contributed by atoms with Gasteiger partial charge in [-0.15, -0.1) is 0 Å². The zero-order chi connectivity index (χ0) is 19.2. The van der Waals surface area contributed by atoms with E-state index < -0.39 is 0 Å². The van der Waals surface area contributed by atoms with Gasteiger partial charge in [0.1, 0.15) is 0 Å². The summed E-state index contributed by atoms with van der Waals surface area (Å²) in [6.45, 7) is 1.99. The first-order valence-corrected chi connectivity index (χ1v) is 9.34. The van der Waals surface area contributed by atoms with Gasteiger partial charge in [0.15, 0.2) is 11.6 Å². The number of hydrogen-bond acceptors (Lipinski definition) is 2. The summed E-state index contributed by atoms with van der Waals surface area (Å²) in [5, 5.41) is 0.636. The molecule has 0 saturated heterocycles. The van der Waals surface area contributed by atoms with Gasteiger partial charge in [0.05, 0.1) is 0 Å². The van der Waals surface area contributed by atoms with Crippen LogP contribution in [0.25, 0.3) is 0 Å². The van der Waals surface area contributed by atoms with E-state index >= 15 is 0 Å². The predicted molar refractivity (Wildman–Crippen MR) is 110 cm³/mol. The summed E-state index contributed by atoms with van der Waals surface area (Å²) >= 11 is 6.00. The first-order valence-electron chi connectivity index (χ1n) is 8.96. The first-order chi connectivity index (χ1) is 13.0. The average Bonchev–Trinajstić information content (AvgIpc) is 2.69. The van der Waals surface area contributed by atoms with Crippen molar-refractivity contribution in [1.82, 2.24) is 0 Å². The fraction of sp³-hybridized carbons (Fsp3) is 0.167. The van der Waals surface area contributed by atoms with Gasteiger partial charge in [0.25, 0.3) is 0 Å². The molecule has 2 nitrogen and oxygen atoms in total. The van der Waals surface area contributed by atoms with Gasteiger partial charge in [-0.3, -0.25) is 9.59 Å². The Morgan fingerprint density at radius 3 is 1.81 bits per heavy atom. The molecule has 0 aromatic heterocycles. The summed E-state index contributed by atoms with van der Waals surface area (Å²) in [4.78, 5) is 25.5. The third-order valence-electron chi connectivity index (χ3n) is 4.67. The van der Waals surface area contributed by atoms with Crippen LogP contribution in [0.3, 0.4) is 0 Å². The standard InChI is InChI=1S/C24H21ClO2/c1-17-7-9-20(10-8-17)24(27)16-21(18-11-13-22(25)14-12-18)15-23(26)19-5-3-2-4-6-19/h2-14,21H,15-16H2,1H3. The molecular formula is C24H21ClO2. The van der Waals surface area contributed by atoms with Gasteiger partial charge in [-0.05, 0) is 30.5 Å². The van der Waals surface area contributed by atoms with Crippen molar-refractivity contribution in [3.05, 3.63) is 106 Å². The van der Waals surface area contributed by atoms with Crippen LogP contribution in [0.2, 0.25) is 5.02 Å². The smallest absolute Gasteiger partial charge is 0.163 e. The largest absolute Gasteiger partial charge is 0.294 e. The lowest BCUT2D eigenvalue weighted by Gasteiger charge is -2.17. The molecule has 1 unspecified atom stereocenters. The molecule has 3 aromatic rings. The monoisotopic (exact) mass is 376 g/mol. The fourth-order valence-corrected chi connectivity index (χ4v) is 3.22. The lowest BCUT2D eigenvalue weighted by atomic mass is 9.86. The second-order valence-corrected chi connectivity index (χ2v) is 7.17. The number of benzene rings is 3. The highest BCUT2D eigenvalue weighted by Gasteiger charge is 2.21. The molecule has 0 saturated carbocycles. The fourth-order valence-electron chi connectivity index (χ4n) is 3.09. The maximum atomic E-state index is 12.8. The highest BCUT2D eigenvalue weighted by Crippen LogP contribution is 2.28. The van der Waals surface area contributed by atoms with Gasteiger partial charge in [0, 0.05) is 29.0 Å². The minimum atomic E-state index is -0.191. The highest BCUT2D eigenvalue weighted by atomic mass is 35.5. The molecule has 136 valence electrons. The molecule has 0 aliphatic heterocycles. The van der Waals surface area contributed by atoms with E-state index in [4.69, 9.17) is 11.6 Å². The maximum absolute atomic E-state index is 12.8. The van der Waals surface area contributed by atoms with Crippen LogP contribution in [0, 0.1) is 6.92 Å². The third kappa shape index (κ3) is 5.15. The van der Waals surface area contributed by atoms with E-state index in [0.717, 1.165) is 11.1 Å². The van der Waals surface area contributed by atoms with Gasteiger partial charge in [-0.25, -0.2) is 0 Å². The number of carbonyl (C=O) groups excluding carboxylic acids is 2. The van der Waals surface area contributed by atoms with E-state index in [1.807, 2.05) is 73.7 Å². The van der Waals surface area contributed by atoms with Crippen LogP contribution in [0.15, 0.2) is 78.9 Å². The van der Waals surface area contributed by atoms with Crippen LogP contribution < -0.4 is 0 Å². The highest BCUT2D eigenvalue weighted by molar-refractivity contribution is 6.30. The van der Waals surface area contributed by atoms with E-state index in [1.54, 1.807) is 12.1 Å². The van der Waals surface area contributed by atoms with Crippen LogP contribution in [-0.4, -0.2) is 11.6 Å². The molecule has 1 atom stereocenters. The minimum Gasteiger partial charge on any atom is -0.294 e. The summed E-state index contributed by atoms with van der Waals surface area (Å²) < 4.78 is 0. The molecule has 0 spiro atoms. The van der Waals surface area contributed by atoms with Crippen molar-refractivity contribution in [2.75, 3.05) is 0 Å². The van der Waals surface area contributed by atoms with E-state index in [9.17, 15) is 9.59 Å². The molecule has 0 fully saturated rings. The number of carbonyl (C=O) groups is 2. The summed E-state index contributed by atoms with van der Waals surface area (Å²) in [5.41, 5.74) is 3.40. The van der Waals surface area contributed by atoms with E-state index in [0.29, 0.717) is 16.1 Å². The van der Waals surface area contributed by atoms with Crippen LogP contribution in [0.4, 0.5) is 0 Å². The van der Waals surface area contributed by atoms with E-state index in [2.05, 4.69) is 0 Å². The number of hydrogen-bond donors (Lipinski definition) is 0. The molecule has 3 heteroatoms. The molecular weight excluding hydrogens is 356 g/mol. The Balaban J connectivity index is 1.83. The van der Waals surface area contributed by atoms with Gasteiger partial charge >= 0.3 is 0 Å². The molecule has 0 N–H and O–H groups in total. The van der Waals surface area contributed by atoms with Crippen LogP contribution >= 0.6 is 11.6 Å². The van der Waals surface area contributed by atoms with Crippen molar-refractivity contribution in [3.8, 4) is 0 Å². The lowest BCUT2D eigenvalue weighted by Crippen LogP contribution is -2.12. The molecule has 0 radical (unpaired) electrons. The molecule has 27 heavy (non-hydrogen) atoms. The quantitative estimate of drug-likeness (QED) is 0.455. The zero-order valence-corrected chi connectivity index (χ0v) is 15.9. The van der Waals surface area contributed by atoms with Crippen molar-refractivity contribution < 1.29 is 9.59 Å². The van der Waals surface area contributed by atoms with Crippen molar-refractivity contribution in [2.24, 2.45) is 0 Å². The van der Waals surface area contributed by atoms with Crippen LogP contribution in [0.1, 0.15) is 50.6 Å². The number of Topliss-reactive ketones (excluding diaryl/α,β-unsaturated/α-hetero) is 2. The summed E-state index contributed by atoms with van der Waals surface area (Å²) in [6, 6.07) is 24.1. The Morgan fingerprint density at radius 1 is 0.741 bits per heavy atom. The lowest BCUT2D eigenvalue weighted by molar-refractivity contribution is 0.0944. The van der Waals surface area contributed by atoms with E-state index in [-0.39, 0.29) is 30.3 Å². The van der Waals surface area contributed by atoms with Gasteiger partial charge in [-0.1, -0.05) is 83.9 Å². The number of rotatable bonds is 7. The van der Waals surface area contributed by atoms with Crippen molar-refractivity contribution >= 4 is 23.2 Å². The molecule has 0 heterocycles. The Labute approximate surface area is 164 Å². The number of halogens is 1. The summed E-state index contributed by atoms with van der Waals surface area (Å²) in [5.74, 6) is -0.119.